The molecule has 1 amide bonds. The Bertz CT molecular complexity index is 633. The number of rotatable bonds is 3. The molecule has 0 aromatic heterocycles. The van der Waals surface area contributed by atoms with Gasteiger partial charge in [-0.25, -0.2) is 0 Å². The molecule has 3 aliphatic rings. The first kappa shape index (κ1) is 23.4. The molecule has 4 atom stereocenters. The van der Waals surface area contributed by atoms with E-state index in [4.69, 9.17) is 4.74 Å². The minimum Gasteiger partial charge on any atom is -0.373 e. The van der Waals surface area contributed by atoms with E-state index >= 15 is 0 Å². The Hall–Kier alpha value is -0.850. The van der Waals surface area contributed by atoms with E-state index in [-0.39, 0.29) is 42.9 Å². The lowest BCUT2D eigenvalue weighted by atomic mass is 10.1. The van der Waals surface area contributed by atoms with Crippen molar-refractivity contribution in [1.29, 1.82) is 0 Å². The maximum absolute atomic E-state index is 12.9. The van der Waals surface area contributed by atoms with Crippen LogP contribution < -0.4 is 5.32 Å². The highest BCUT2D eigenvalue weighted by atomic mass is 35.5. The molecule has 158 valence electrons. The molecule has 0 spiro atoms. The summed E-state index contributed by atoms with van der Waals surface area (Å²) in [6, 6.07) is 9.32. The fourth-order valence-electron chi connectivity index (χ4n) is 4.73. The zero-order valence-corrected chi connectivity index (χ0v) is 18.4. The smallest absolute Gasteiger partial charge is 0.253 e. The fourth-order valence-corrected chi connectivity index (χ4v) is 4.73. The summed E-state index contributed by atoms with van der Waals surface area (Å²) in [7, 11) is 0. The van der Waals surface area contributed by atoms with Gasteiger partial charge in [0.15, 0.2) is 0 Å². The maximum Gasteiger partial charge on any atom is 0.253 e. The number of carbonyl (C=O) groups excluding carboxylic acids is 1. The molecule has 3 saturated heterocycles. The average Bonchev–Trinajstić information content (AvgIpc) is 2.93. The van der Waals surface area contributed by atoms with Crippen LogP contribution in [0.1, 0.15) is 49.0 Å². The lowest BCUT2D eigenvalue weighted by Crippen LogP contribution is -2.44. The minimum absolute atomic E-state index is 0. The van der Waals surface area contributed by atoms with Crippen LogP contribution in [0.15, 0.2) is 24.3 Å². The molecule has 1 aromatic rings. The van der Waals surface area contributed by atoms with E-state index < -0.39 is 0 Å². The van der Waals surface area contributed by atoms with Gasteiger partial charge < -0.3 is 15.0 Å². The van der Waals surface area contributed by atoms with Crippen LogP contribution in [-0.2, 0) is 11.3 Å². The topological polar surface area (TPSA) is 44.8 Å². The van der Waals surface area contributed by atoms with Crippen molar-refractivity contribution in [2.24, 2.45) is 0 Å². The number of morpholine rings is 1. The third-order valence-electron chi connectivity index (χ3n) is 5.91. The van der Waals surface area contributed by atoms with Crippen molar-refractivity contribution in [3.05, 3.63) is 35.4 Å². The van der Waals surface area contributed by atoms with Gasteiger partial charge in [0.05, 0.1) is 12.2 Å². The van der Waals surface area contributed by atoms with E-state index in [2.05, 4.69) is 36.2 Å². The summed E-state index contributed by atoms with van der Waals surface area (Å²) in [5.41, 5.74) is 2.08. The Morgan fingerprint density at radius 1 is 1.00 bits per heavy atom. The summed E-state index contributed by atoms with van der Waals surface area (Å²) in [5, 5.41) is 3.64. The highest BCUT2D eigenvalue weighted by Gasteiger charge is 2.31. The molecule has 4 unspecified atom stereocenters. The number of carbonyl (C=O) groups is 1. The van der Waals surface area contributed by atoms with Gasteiger partial charge in [-0.3, -0.25) is 9.69 Å². The van der Waals surface area contributed by atoms with Crippen LogP contribution in [0.4, 0.5) is 0 Å². The average molecular weight is 430 g/mol. The van der Waals surface area contributed by atoms with Gasteiger partial charge in [0.1, 0.15) is 0 Å². The van der Waals surface area contributed by atoms with Crippen molar-refractivity contribution in [1.82, 2.24) is 15.1 Å². The van der Waals surface area contributed by atoms with Gasteiger partial charge in [-0.15, -0.1) is 24.8 Å². The van der Waals surface area contributed by atoms with Crippen molar-refractivity contribution in [2.75, 3.05) is 26.2 Å². The number of hydrogen-bond acceptors (Lipinski definition) is 4. The first-order chi connectivity index (χ1) is 12.6. The predicted molar refractivity (Wildman–Crippen MR) is 117 cm³/mol. The third kappa shape index (κ3) is 5.61. The number of nitrogens with zero attached hydrogens (tertiary/aromatic N) is 2. The molecular weight excluding hydrogens is 397 g/mol. The van der Waals surface area contributed by atoms with Crippen LogP contribution in [0, 0.1) is 0 Å². The van der Waals surface area contributed by atoms with Crippen LogP contribution in [0.25, 0.3) is 0 Å². The molecule has 3 heterocycles. The monoisotopic (exact) mass is 429 g/mol. The molecule has 0 saturated carbocycles. The van der Waals surface area contributed by atoms with E-state index in [0.717, 1.165) is 44.7 Å². The lowest BCUT2D eigenvalue weighted by molar-refractivity contribution is -0.0704. The molecule has 28 heavy (non-hydrogen) atoms. The number of ether oxygens (including phenoxy) is 1. The maximum atomic E-state index is 12.9. The van der Waals surface area contributed by atoms with Crippen LogP contribution in [0.5, 0.6) is 0 Å². The predicted octanol–water partition coefficient (Wildman–Crippen LogP) is 3.11. The van der Waals surface area contributed by atoms with Gasteiger partial charge in [-0.05, 0) is 50.8 Å². The van der Waals surface area contributed by atoms with Crippen molar-refractivity contribution >= 4 is 30.7 Å². The van der Waals surface area contributed by atoms with Crippen LogP contribution >= 0.6 is 24.8 Å². The zero-order valence-electron chi connectivity index (χ0n) is 16.8. The molecule has 3 fully saturated rings. The minimum atomic E-state index is 0. The molecule has 5 nitrogen and oxygen atoms in total. The summed E-state index contributed by atoms with van der Waals surface area (Å²) >= 11 is 0. The van der Waals surface area contributed by atoms with E-state index in [1.54, 1.807) is 0 Å². The van der Waals surface area contributed by atoms with Gasteiger partial charge in [0.25, 0.3) is 5.91 Å². The third-order valence-corrected chi connectivity index (χ3v) is 5.91. The first-order valence-corrected chi connectivity index (χ1v) is 10.1. The van der Waals surface area contributed by atoms with Gasteiger partial charge in [-0.2, -0.15) is 0 Å². The molecule has 0 radical (unpaired) electrons. The molecular formula is C21H33Cl2N3O2. The van der Waals surface area contributed by atoms with E-state index in [0.29, 0.717) is 12.1 Å². The largest absolute Gasteiger partial charge is 0.373 e. The number of hydrogen-bond donors (Lipinski definition) is 1. The summed E-state index contributed by atoms with van der Waals surface area (Å²) in [6.07, 6.45) is 4.11. The van der Waals surface area contributed by atoms with E-state index in [9.17, 15) is 4.79 Å². The van der Waals surface area contributed by atoms with Crippen LogP contribution in [-0.4, -0.2) is 66.2 Å². The highest BCUT2D eigenvalue weighted by Crippen LogP contribution is 2.22. The standard InChI is InChI=1S/C21H31N3O2.2ClH/c1-15-11-23(12-16(2)26-15)13-17-3-5-18(6-4-17)21(25)24-10-9-19-7-8-20(14-24)22-19;;/h3-6,15-16,19-20,22H,7-14H2,1-2H3;2*1H. The van der Waals surface area contributed by atoms with Crippen LogP contribution in [0.3, 0.4) is 0 Å². The molecule has 7 heteroatoms. The summed E-state index contributed by atoms with van der Waals surface area (Å²) in [6.45, 7) is 8.84. The molecule has 1 aromatic carbocycles. The second kappa shape index (κ2) is 10.3. The van der Waals surface area contributed by atoms with E-state index in [1.807, 2.05) is 17.0 Å². The molecule has 4 rings (SSSR count). The van der Waals surface area contributed by atoms with E-state index in [1.165, 1.54) is 18.4 Å². The lowest BCUT2D eigenvalue weighted by Gasteiger charge is -2.35. The number of nitrogens with one attached hydrogen (secondary N) is 1. The van der Waals surface area contributed by atoms with Gasteiger partial charge in [-0.1, -0.05) is 12.1 Å². The van der Waals surface area contributed by atoms with Crippen molar-refractivity contribution < 1.29 is 9.53 Å². The molecule has 2 bridgehead atoms. The fraction of sp³-hybridized carbons (Fsp3) is 0.667. The highest BCUT2D eigenvalue weighted by molar-refractivity contribution is 5.94. The van der Waals surface area contributed by atoms with Gasteiger partial charge in [0, 0.05) is 50.4 Å². The number of amides is 1. The van der Waals surface area contributed by atoms with Crippen molar-refractivity contribution in [3.63, 3.8) is 0 Å². The summed E-state index contributed by atoms with van der Waals surface area (Å²) < 4.78 is 5.81. The first-order valence-electron chi connectivity index (χ1n) is 10.1. The number of benzene rings is 1. The molecule has 0 aliphatic carbocycles. The quantitative estimate of drug-likeness (QED) is 0.801. The summed E-state index contributed by atoms with van der Waals surface area (Å²) in [4.78, 5) is 17.4. The number of likely N-dealkylation sites (tertiary alicyclic amines) is 1. The zero-order chi connectivity index (χ0) is 18.1. The molecule has 3 aliphatic heterocycles. The Morgan fingerprint density at radius 3 is 2.32 bits per heavy atom. The second-order valence-electron chi connectivity index (χ2n) is 8.33. The molecule has 1 N–H and O–H groups in total. The Kier molecular flexibility index (Phi) is 8.59. The normalized spacial score (nSPS) is 30.1. The van der Waals surface area contributed by atoms with Crippen molar-refractivity contribution in [3.8, 4) is 0 Å². The van der Waals surface area contributed by atoms with Crippen molar-refractivity contribution in [2.45, 2.75) is 63.9 Å². The van der Waals surface area contributed by atoms with Gasteiger partial charge in [0.2, 0.25) is 0 Å². The SMILES string of the molecule is CC1CN(Cc2ccc(C(=O)N3CCC4CCC(C3)N4)cc2)CC(C)O1.Cl.Cl. The second-order valence-corrected chi connectivity index (χ2v) is 8.33. The number of fused-ring (bicyclic) bond motifs is 2. The van der Waals surface area contributed by atoms with Crippen LogP contribution in [0.2, 0.25) is 0 Å². The van der Waals surface area contributed by atoms with Gasteiger partial charge >= 0.3 is 0 Å². The Morgan fingerprint density at radius 2 is 1.64 bits per heavy atom. The number of halogens is 2. The Labute approximate surface area is 181 Å². The Balaban J connectivity index is 0.00000140. The summed E-state index contributed by atoms with van der Waals surface area (Å²) in [5.74, 6) is 0.180.